The quantitative estimate of drug-likeness (QED) is 0.906. The van der Waals surface area contributed by atoms with Crippen molar-refractivity contribution in [2.45, 2.75) is 31.8 Å². The van der Waals surface area contributed by atoms with Gasteiger partial charge in [-0.25, -0.2) is 0 Å². The van der Waals surface area contributed by atoms with Gasteiger partial charge in [0.25, 0.3) is 0 Å². The Bertz CT molecular complexity index is 521. The molecule has 0 amide bonds. The second-order valence-corrected chi connectivity index (χ2v) is 5.54. The number of carboxylic acids is 1. The summed E-state index contributed by atoms with van der Waals surface area (Å²) in [5, 5.41) is 9.78. The molecule has 116 valence electrons. The molecule has 0 radical (unpaired) electrons. The van der Waals surface area contributed by atoms with Gasteiger partial charge in [0.15, 0.2) is 11.5 Å². The Morgan fingerprint density at radius 3 is 2.76 bits per heavy atom. The smallest absolute Gasteiger partial charge is 0.320 e. The number of likely N-dealkylation sites (tertiary alicyclic amines) is 1. The maximum absolute atomic E-state index is 11.3. The Labute approximate surface area is 129 Å². The van der Waals surface area contributed by atoms with Crippen molar-refractivity contribution in [2.75, 3.05) is 20.8 Å². The summed E-state index contributed by atoms with van der Waals surface area (Å²) in [5.41, 5.74) is 0.922. The van der Waals surface area contributed by atoms with Gasteiger partial charge in [0.05, 0.1) is 19.2 Å². The van der Waals surface area contributed by atoms with E-state index in [1.165, 1.54) is 7.11 Å². The summed E-state index contributed by atoms with van der Waals surface area (Å²) in [5.74, 6) is 0.293. The summed E-state index contributed by atoms with van der Waals surface area (Å²) in [4.78, 5) is 13.3. The van der Waals surface area contributed by atoms with Crippen molar-refractivity contribution in [3.05, 3.63) is 22.7 Å². The van der Waals surface area contributed by atoms with Crippen LogP contribution in [0.25, 0.3) is 0 Å². The predicted molar refractivity (Wildman–Crippen MR) is 80.2 cm³/mol. The van der Waals surface area contributed by atoms with Gasteiger partial charge in [0.2, 0.25) is 0 Å². The lowest BCUT2D eigenvalue weighted by atomic mass is 10.0. The monoisotopic (exact) mass is 313 g/mol. The lowest BCUT2D eigenvalue weighted by Crippen LogP contribution is -2.43. The van der Waals surface area contributed by atoms with Crippen LogP contribution in [0.3, 0.4) is 0 Å². The SMILES string of the molecule is COc1cc(CN2CCCCC2C(=O)O)cc(Cl)c1OC. The van der Waals surface area contributed by atoms with Crippen LogP contribution in [-0.2, 0) is 11.3 Å². The number of carboxylic acid groups (broad SMARTS) is 1. The van der Waals surface area contributed by atoms with Gasteiger partial charge in [-0.2, -0.15) is 0 Å². The first kappa shape index (κ1) is 15.9. The second-order valence-electron chi connectivity index (χ2n) is 5.13. The number of aliphatic carboxylic acids is 1. The number of carbonyl (C=O) groups is 1. The molecule has 0 saturated carbocycles. The number of halogens is 1. The number of ether oxygens (including phenoxy) is 2. The highest BCUT2D eigenvalue weighted by Crippen LogP contribution is 2.36. The first-order valence-corrected chi connectivity index (χ1v) is 7.32. The minimum Gasteiger partial charge on any atom is -0.493 e. The molecule has 1 aliphatic rings. The van der Waals surface area contributed by atoms with E-state index in [1.807, 2.05) is 11.0 Å². The second kappa shape index (κ2) is 7.00. The van der Waals surface area contributed by atoms with Crippen molar-refractivity contribution in [3.63, 3.8) is 0 Å². The van der Waals surface area contributed by atoms with Crippen LogP contribution >= 0.6 is 11.6 Å². The molecule has 2 rings (SSSR count). The number of benzene rings is 1. The number of methoxy groups -OCH3 is 2. The topological polar surface area (TPSA) is 59.0 Å². The fourth-order valence-corrected chi connectivity index (χ4v) is 3.07. The van der Waals surface area contributed by atoms with E-state index in [0.717, 1.165) is 24.9 Å². The molecule has 1 aromatic carbocycles. The van der Waals surface area contributed by atoms with Crippen LogP contribution in [0, 0.1) is 0 Å². The normalized spacial score (nSPS) is 19.3. The van der Waals surface area contributed by atoms with Crippen molar-refractivity contribution >= 4 is 17.6 Å². The average molecular weight is 314 g/mol. The van der Waals surface area contributed by atoms with E-state index in [4.69, 9.17) is 21.1 Å². The lowest BCUT2D eigenvalue weighted by molar-refractivity contribution is -0.144. The summed E-state index contributed by atoms with van der Waals surface area (Å²) in [6.45, 7) is 1.32. The number of rotatable bonds is 5. The van der Waals surface area contributed by atoms with Crippen LogP contribution in [-0.4, -0.2) is 42.8 Å². The van der Waals surface area contributed by atoms with Crippen LogP contribution in [0.15, 0.2) is 12.1 Å². The van der Waals surface area contributed by atoms with E-state index < -0.39 is 12.0 Å². The van der Waals surface area contributed by atoms with Crippen LogP contribution in [0.4, 0.5) is 0 Å². The minimum absolute atomic E-state index is 0.425. The molecular formula is C15H20ClNO4. The van der Waals surface area contributed by atoms with E-state index in [9.17, 15) is 9.90 Å². The third-order valence-corrected chi connectivity index (χ3v) is 4.06. The Morgan fingerprint density at radius 1 is 1.38 bits per heavy atom. The molecule has 1 heterocycles. The highest BCUT2D eigenvalue weighted by atomic mass is 35.5. The van der Waals surface area contributed by atoms with Gasteiger partial charge in [0.1, 0.15) is 6.04 Å². The van der Waals surface area contributed by atoms with E-state index in [1.54, 1.807) is 13.2 Å². The molecule has 5 nitrogen and oxygen atoms in total. The van der Waals surface area contributed by atoms with E-state index in [2.05, 4.69) is 0 Å². The highest BCUT2D eigenvalue weighted by molar-refractivity contribution is 6.32. The van der Waals surface area contributed by atoms with Crippen molar-refractivity contribution < 1.29 is 19.4 Å². The molecule has 1 saturated heterocycles. The van der Waals surface area contributed by atoms with Crippen molar-refractivity contribution in [3.8, 4) is 11.5 Å². The molecule has 6 heteroatoms. The summed E-state index contributed by atoms with van der Waals surface area (Å²) in [6, 6.07) is 3.22. The summed E-state index contributed by atoms with van der Waals surface area (Å²) >= 11 is 6.19. The molecule has 1 unspecified atom stereocenters. The lowest BCUT2D eigenvalue weighted by Gasteiger charge is -2.33. The van der Waals surface area contributed by atoms with Gasteiger partial charge in [-0.1, -0.05) is 18.0 Å². The fourth-order valence-electron chi connectivity index (χ4n) is 2.76. The Morgan fingerprint density at radius 2 is 2.14 bits per heavy atom. The maximum Gasteiger partial charge on any atom is 0.320 e. The van der Waals surface area contributed by atoms with Crippen LogP contribution < -0.4 is 9.47 Å². The largest absolute Gasteiger partial charge is 0.493 e. The number of hydrogen-bond acceptors (Lipinski definition) is 4. The maximum atomic E-state index is 11.3. The van der Waals surface area contributed by atoms with Crippen molar-refractivity contribution in [1.82, 2.24) is 4.90 Å². The minimum atomic E-state index is -0.763. The van der Waals surface area contributed by atoms with E-state index >= 15 is 0 Å². The summed E-state index contributed by atoms with van der Waals surface area (Å²) in [7, 11) is 3.09. The van der Waals surface area contributed by atoms with Crippen LogP contribution in [0.2, 0.25) is 5.02 Å². The van der Waals surface area contributed by atoms with Gasteiger partial charge in [0, 0.05) is 6.54 Å². The van der Waals surface area contributed by atoms with Crippen molar-refractivity contribution in [2.24, 2.45) is 0 Å². The van der Waals surface area contributed by atoms with Gasteiger partial charge < -0.3 is 14.6 Å². The van der Waals surface area contributed by atoms with E-state index in [0.29, 0.717) is 29.5 Å². The third kappa shape index (κ3) is 3.60. The molecule has 0 spiro atoms. The molecule has 1 atom stereocenters. The fraction of sp³-hybridized carbons (Fsp3) is 0.533. The molecule has 21 heavy (non-hydrogen) atoms. The molecule has 1 N–H and O–H groups in total. The molecule has 0 bridgehead atoms. The Kier molecular flexibility index (Phi) is 5.31. The van der Waals surface area contributed by atoms with Crippen LogP contribution in [0.1, 0.15) is 24.8 Å². The molecule has 1 aliphatic heterocycles. The number of nitrogens with zero attached hydrogens (tertiary/aromatic N) is 1. The summed E-state index contributed by atoms with van der Waals surface area (Å²) < 4.78 is 10.5. The zero-order chi connectivity index (χ0) is 15.4. The third-order valence-electron chi connectivity index (χ3n) is 3.78. The Hall–Kier alpha value is -1.46. The highest BCUT2D eigenvalue weighted by Gasteiger charge is 2.28. The van der Waals surface area contributed by atoms with Gasteiger partial charge in [-0.15, -0.1) is 0 Å². The van der Waals surface area contributed by atoms with Gasteiger partial charge >= 0.3 is 5.97 Å². The standard InChI is InChI=1S/C15H20ClNO4/c1-20-13-8-10(7-11(16)14(13)21-2)9-17-6-4-3-5-12(17)15(18)19/h7-8,12H,3-6,9H2,1-2H3,(H,18,19). The van der Waals surface area contributed by atoms with Gasteiger partial charge in [-0.3, -0.25) is 9.69 Å². The average Bonchev–Trinajstić information content (AvgIpc) is 2.47. The Balaban J connectivity index is 2.22. The number of piperidine rings is 1. The van der Waals surface area contributed by atoms with Crippen molar-refractivity contribution in [1.29, 1.82) is 0 Å². The predicted octanol–water partition coefficient (Wildman–Crippen LogP) is 2.80. The van der Waals surface area contributed by atoms with Crippen LogP contribution in [0.5, 0.6) is 11.5 Å². The first-order chi connectivity index (χ1) is 10.1. The molecule has 0 aromatic heterocycles. The molecular weight excluding hydrogens is 294 g/mol. The van der Waals surface area contributed by atoms with E-state index in [-0.39, 0.29) is 0 Å². The molecule has 1 aromatic rings. The zero-order valence-corrected chi connectivity index (χ0v) is 13.0. The summed E-state index contributed by atoms with van der Waals surface area (Å²) in [6.07, 6.45) is 2.67. The number of hydrogen-bond donors (Lipinski definition) is 1. The van der Waals surface area contributed by atoms with Gasteiger partial charge in [-0.05, 0) is 37.1 Å². The zero-order valence-electron chi connectivity index (χ0n) is 12.3. The first-order valence-electron chi connectivity index (χ1n) is 6.94. The molecule has 1 fully saturated rings. The molecule has 0 aliphatic carbocycles.